The first-order valence-corrected chi connectivity index (χ1v) is 4.93. The Morgan fingerprint density at radius 3 is 2.14 bits per heavy atom. The van der Waals surface area contributed by atoms with Gasteiger partial charge in [0.1, 0.15) is 11.5 Å². The average molecular weight is 227 g/mol. The highest BCUT2D eigenvalue weighted by atomic mass is 35.5. The van der Waals surface area contributed by atoms with E-state index < -0.39 is 0 Å². The molecule has 2 rings (SSSR count). The van der Waals surface area contributed by atoms with Crippen LogP contribution in [0, 0.1) is 6.92 Å². The molecule has 0 saturated heterocycles. The SMILES string of the molecule is Cc1ccc(-c2cc(Cl)cc(Cl)c2)o1. The van der Waals surface area contributed by atoms with Gasteiger partial charge in [-0.1, -0.05) is 23.2 Å². The summed E-state index contributed by atoms with van der Waals surface area (Å²) in [5.41, 5.74) is 0.899. The van der Waals surface area contributed by atoms with E-state index in [4.69, 9.17) is 27.6 Å². The largest absolute Gasteiger partial charge is 0.461 e. The van der Waals surface area contributed by atoms with Crippen molar-refractivity contribution in [3.05, 3.63) is 46.1 Å². The van der Waals surface area contributed by atoms with E-state index in [0.717, 1.165) is 17.1 Å². The van der Waals surface area contributed by atoms with Crippen LogP contribution < -0.4 is 0 Å². The molecule has 14 heavy (non-hydrogen) atoms. The predicted molar refractivity (Wildman–Crippen MR) is 58.9 cm³/mol. The molecule has 0 fully saturated rings. The zero-order valence-electron chi connectivity index (χ0n) is 7.55. The third-order valence-electron chi connectivity index (χ3n) is 1.89. The Morgan fingerprint density at radius 2 is 1.64 bits per heavy atom. The zero-order valence-corrected chi connectivity index (χ0v) is 9.06. The molecule has 72 valence electrons. The van der Waals surface area contributed by atoms with Crippen molar-refractivity contribution >= 4 is 23.2 Å². The second kappa shape index (κ2) is 3.68. The molecule has 0 N–H and O–H groups in total. The second-order valence-electron chi connectivity index (χ2n) is 3.07. The molecule has 1 aromatic carbocycles. The maximum Gasteiger partial charge on any atom is 0.134 e. The Balaban J connectivity index is 2.51. The summed E-state index contributed by atoms with van der Waals surface area (Å²) in [5.74, 6) is 1.66. The lowest BCUT2D eigenvalue weighted by Gasteiger charge is -1.99. The van der Waals surface area contributed by atoms with Gasteiger partial charge in [0.05, 0.1) is 0 Å². The first-order chi connectivity index (χ1) is 6.65. The molecule has 0 aliphatic rings. The molecule has 0 unspecified atom stereocenters. The number of hydrogen-bond donors (Lipinski definition) is 0. The smallest absolute Gasteiger partial charge is 0.134 e. The third kappa shape index (κ3) is 1.94. The van der Waals surface area contributed by atoms with Gasteiger partial charge in [-0.3, -0.25) is 0 Å². The summed E-state index contributed by atoms with van der Waals surface area (Å²) >= 11 is 11.8. The molecule has 0 atom stereocenters. The summed E-state index contributed by atoms with van der Waals surface area (Å²) in [4.78, 5) is 0. The van der Waals surface area contributed by atoms with Gasteiger partial charge in [0.2, 0.25) is 0 Å². The van der Waals surface area contributed by atoms with E-state index in [0.29, 0.717) is 10.0 Å². The van der Waals surface area contributed by atoms with Crippen LogP contribution in [0.1, 0.15) is 5.76 Å². The molecule has 1 aromatic heterocycles. The molecule has 2 aromatic rings. The van der Waals surface area contributed by atoms with Crippen LogP contribution in [0.25, 0.3) is 11.3 Å². The van der Waals surface area contributed by atoms with Crippen LogP contribution in [0.15, 0.2) is 34.7 Å². The second-order valence-corrected chi connectivity index (χ2v) is 3.94. The standard InChI is InChI=1S/C11H8Cl2O/c1-7-2-3-11(14-7)8-4-9(12)6-10(13)5-8/h2-6H,1H3. The number of halogens is 2. The van der Waals surface area contributed by atoms with E-state index in [1.165, 1.54) is 0 Å². The Hall–Kier alpha value is -0.920. The average Bonchev–Trinajstić information content (AvgIpc) is 2.50. The molecule has 0 radical (unpaired) electrons. The number of hydrogen-bond acceptors (Lipinski definition) is 1. The monoisotopic (exact) mass is 226 g/mol. The molecule has 0 aliphatic heterocycles. The molecule has 0 spiro atoms. The zero-order chi connectivity index (χ0) is 10.1. The lowest BCUT2D eigenvalue weighted by atomic mass is 10.2. The maximum atomic E-state index is 5.88. The topological polar surface area (TPSA) is 13.1 Å². The van der Waals surface area contributed by atoms with Gasteiger partial charge in [-0.15, -0.1) is 0 Å². The van der Waals surface area contributed by atoms with Crippen LogP contribution in [-0.4, -0.2) is 0 Å². The normalized spacial score (nSPS) is 10.5. The van der Waals surface area contributed by atoms with E-state index in [9.17, 15) is 0 Å². The first kappa shape index (κ1) is 9.63. The summed E-state index contributed by atoms with van der Waals surface area (Å²) < 4.78 is 5.46. The number of furan rings is 1. The van der Waals surface area contributed by atoms with E-state index in [2.05, 4.69) is 0 Å². The molecule has 3 heteroatoms. The minimum atomic E-state index is 0.613. The Kier molecular flexibility index (Phi) is 2.53. The predicted octanol–water partition coefficient (Wildman–Crippen LogP) is 4.56. The van der Waals surface area contributed by atoms with Crippen molar-refractivity contribution in [3.8, 4) is 11.3 Å². The van der Waals surface area contributed by atoms with Crippen molar-refractivity contribution in [3.63, 3.8) is 0 Å². The van der Waals surface area contributed by atoms with Crippen molar-refractivity contribution < 1.29 is 4.42 Å². The van der Waals surface area contributed by atoms with Gasteiger partial charge < -0.3 is 4.42 Å². The molecule has 0 saturated carbocycles. The molecule has 0 bridgehead atoms. The summed E-state index contributed by atoms with van der Waals surface area (Å²) in [6.45, 7) is 1.90. The molecule has 1 heterocycles. The highest BCUT2D eigenvalue weighted by Crippen LogP contribution is 2.28. The quantitative estimate of drug-likeness (QED) is 0.695. The Bertz CT molecular complexity index is 440. The summed E-state index contributed by atoms with van der Waals surface area (Å²) in [5, 5.41) is 1.23. The fraction of sp³-hybridized carbons (Fsp3) is 0.0909. The fourth-order valence-corrected chi connectivity index (χ4v) is 1.81. The van der Waals surface area contributed by atoms with Crippen LogP contribution in [0.5, 0.6) is 0 Å². The molecular weight excluding hydrogens is 219 g/mol. The van der Waals surface area contributed by atoms with Crippen LogP contribution in [-0.2, 0) is 0 Å². The van der Waals surface area contributed by atoms with Gasteiger partial charge in [0, 0.05) is 15.6 Å². The van der Waals surface area contributed by atoms with E-state index >= 15 is 0 Å². The summed E-state index contributed by atoms with van der Waals surface area (Å²) in [7, 11) is 0. The van der Waals surface area contributed by atoms with Gasteiger partial charge in [-0.2, -0.15) is 0 Å². The van der Waals surface area contributed by atoms with Crippen molar-refractivity contribution in [1.82, 2.24) is 0 Å². The number of rotatable bonds is 1. The number of benzene rings is 1. The van der Waals surface area contributed by atoms with Gasteiger partial charge in [-0.25, -0.2) is 0 Å². The van der Waals surface area contributed by atoms with Gasteiger partial charge in [-0.05, 0) is 37.3 Å². The van der Waals surface area contributed by atoms with Crippen LogP contribution in [0.2, 0.25) is 10.0 Å². The molecule has 0 aliphatic carbocycles. The van der Waals surface area contributed by atoms with E-state index in [1.807, 2.05) is 31.2 Å². The van der Waals surface area contributed by atoms with E-state index in [-0.39, 0.29) is 0 Å². The van der Waals surface area contributed by atoms with Crippen LogP contribution in [0.4, 0.5) is 0 Å². The Morgan fingerprint density at radius 1 is 1.00 bits per heavy atom. The first-order valence-electron chi connectivity index (χ1n) is 4.18. The minimum absolute atomic E-state index is 0.613. The number of aryl methyl sites for hydroxylation is 1. The lowest BCUT2D eigenvalue weighted by Crippen LogP contribution is -1.74. The highest BCUT2D eigenvalue weighted by Gasteiger charge is 2.04. The summed E-state index contributed by atoms with van der Waals surface area (Å²) in [6, 6.07) is 9.15. The van der Waals surface area contributed by atoms with Crippen LogP contribution >= 0.6 is 23.2 Å². The molecule has 0 amide bonds. The lowest BCUT2D eigenvalue weighted by molar-refractivity contribution is 0.548. The van der Waals surface area contributed by atoms with Crippen molar-refractivity contribution in [1.29, 1.82) is 0 Å². The van der Waals surface area contributed by atoms with Gasteiger partial charge in [0.25, 0.3) is 0 Å². The van der Waals surface area contributed by atoms with Crippen molar-refractivity contribution in [2.75, 3.05) is 0 Å². The summed E-state index contributed by atoms with van der Waals surface area (Å²) in [6.07, 6.45) is 0. The molecular formula is C11H8Cl2O. The van der Waals surface area contributed by atoms with Crippen molar-refractivity contribution in [2.24, 2.45) is 0 Å². The Labute approximate surface area is 92.3 Å². The van der Waals surface area contributed by atoms with Crippen LogP contribution in [0.3, 0.4) is 0 Å². The van der Waals surface area contributed by atoms with E-state index in [1.54, 1.807) is 6.07 Å². The molecule has 1 nitrogen and oxygen atoms in total. The fourth-order valence-electron chi connectivity index (χ4n) is 1.29. The third-order valence-corrected chi connectivity index (χ3v) is 2.32. The minimum Gasteiger partial charge on any atom is -0.461 e. The maximum absolute atomic E-state index is 5.88. The van der Waals surface area contributed by atoms with Gasteiger partial charge in [0.15, 0.2) is 0 Å². The van der Waals surface area contributed by atoms with Crippen molar-refractivity contribution in [2.45, 2.75) is 6.92 Å². The highest BCUT2D eigenvalue weighted by molar-refractivity contribution is 6.35. The van der Waals surface area contributed by atoms with Gasteiger partial charge >= 0.3 is 0 Å².